The number of fused-ring (bicyclic) bond motifs is 1. The largest absolute Gasteiger partial charge is 0.393 e. The molecule has 0 amide bonds. The number of aromatic nitrogens is 2. The van der Waals surface area contributed by atoms with Gasteiger partial charge in [0, 0.05) is 17.6 Å². The zero-order chi connectivity index (χ0) is 22.0. The number of nitrogens with zero attached hydrogens (tertiary/aromatic N) is 3. The van der Waals surface area contributed by atoms with Gasteiger partial charge in [0.15, 0.2) is 0 Å². The fourth-order valence-electron chi connectivity index (χ4n) is 4.51. The maximum atomic E-state index is 10.2. The van der Waals surface area contributed by atoms with E-state index in [2.05, 4.69) is 52.7 Å². The molecule has 0 saturated heterocycles. The van der Waals surface area contributed by atoms with Gasteiger partial charge in [-0.15, -0.1) is 0 Å². The molecule has 1 aromatic heterocycles. The van der Waals surface area contributed by atoms with Crippen molar-refractivity contribution in [1.82, 2.24) is 9.97 Å². The second-order valence-electron chi connectivity index (χ2n) is 9.11. The highest BCUT2D eigenvalue weighted by Crippen LogP contribution is 2.37. The molecule has 3 N–H and O–H groups in total. The Morgan fingerprint density at radius 1 is 1.32 bits per heavy atom. The molecule has 31 heavy (non-hydrogen) atoms. The monoisotopic (exact) mass is 437 g/mol. The van der Waals surface area contributed by atoms with E-state index in [1.807, 2.05) is 12.1 Å². The maximum Gasteiger partial charge on any atom is 0.224 e. The summed E-state index contributed by atoms with van der Waals surface area (Å²) in [4.78, 5) is 8.87. The predicted molar refractivity (Wildman–Crippen MR) is 124 cm³/mol. The molecular weight excluding hydrogens is 410 g/mol. The third kappa shape index (κ3) is 4.84. The van der Waals surface area contributed by atoms with Crippen LogP contribution in [0.5, 0.6) is 0 Å². The summed E-state index contributed by atoms with van der Waals surface area (Å²) >= 11 is 6.16. The van der Waals surface area contributed by atoms with Crippen LogP contribution in [0, 0.1) is 16.7 Å². The zero-order valence-corrected chi connectivity index (χ0v) is 18.7. The Morgan fingerprint density at radius 3 is 2.94 bits per heavy atom. The first-order valence-electron chi connectivity index (χ1n) is 10.8. The minimum absolute atomic E-state index is 0.162. The van der Waals surface area contributed by atoms with Crippen LogP contribution in [0.15, 0.2) is 30.5 Å². The molecule has 1 aromatic carbocycles. The lowest BCUT2D eigenvalue weighted by atomic mass is 9.73. The Kier molecular flexibility index (Phi) is 6.17. The number of aliphatic hydroxyl groups excluding tert-OH is 1. The van der Waals surface area contributed by atoms with E-state index in [0.717, 1.165) is 37.1 Å². The molecular formula is C24H28ClN5O. The van der Waals surface area contributed by atoms with E-state index < -0.39 is 0 Å². The molecule has 2 aliphatic rings. The minimum Gasteiger partial charge on any atom is -0.393 e. The lowest BCUT2D eigenvalue weighted by molar-refractivity contribution is 0.00926. The van der Waals surface area contributed by atoms with Crippen LogP contribution in [0.2, 0.25) is 5.02 Å². The number of benzene rings is 1. The molecule has 2 atom stereocenters. The summed E-state index contributed by atoms with van der Waals surface area (Å²) in [5, 5.41) is 27.1. The van der Waals surface area contributed by atoms with E-state index in [1.165, 1.54) is 16.7 Å². The van der Waals surface area contributed by atoms with E-state index in [0.29, 0.717) is 23.9 Å². The summed E-state index contributed by atoms with van der Waals surface area (Å²) in [6.07, 6.45) is 7.69. The number of nitrogens with one attached hydrogen (secondary N) is 2. The molecule has 0 radical (unpaired) electrons. The van der Waals surface area contributed by atoms with Crippen LogP contribution in [-0.2, 0) is 6.42 Å². The van der Waals surface area contributed by atoms with Crippen molar-refractivity contribution < 1.29 is 5.11 Å². The molecule has 0 spiro atoms. The molecule has 4 rings (SSSR count). The normalized spacial score (nSPS) is 21.7. The molecule has 7 heteroatoms. The van der Waals surface area contributed by atoms with Crippen molar-refractivity contribution in [2.24, 2.45) is 5.41 Å². The van der Waals surface area contributed by atoms with E-state index in [1.54, 1.807) is 6.20 Å². The molecule has 162 valence electrons. The van der Waals surface area contributed by atoms with Crippen LogP contribution in [-0.4, -0.2) is 33.8 Å². The van der Waals surface area contributed by atoms with Gasteiger partial charge in [-0.3, -0.25) is 0 Å². The zero-order valence-electron chi connectivity index (χ0n) is 18.0. The summed E-state index contributed by atoms with van der Waals surface area (Å²) in [6.45, 7) is 4.84. The SMILES string of the molecule is CC1(C)C[C@H](Nc2nc(NCCC3=CCc4ccc(Cl)cc43)ncc2C#N)CC[C@@H]1O. The number of anilines is 2. The lowest BCUT2D eigenvalue weighted by Gasteiger charge is -2.40. The van der Waals surface area contributed by atoms with E-state index in [4.69, 9.17) is 11.6 Å². The minimum atomic E-state index is -0.298. The fourth-order valence-corrected chi connectivity index (χ4v) is 4.68. The molecule has 2 aromatic rings. The molecule has 0 unspecified atom stereocenters. The lowest BCUT2D eigenvalue weighted by Crippen LogP contribution is -2.41. The first-order chi connectivity index (χ1) is 14.9. The Balaban J connectivity index is 1.39. The number of allylic oxidation sites excluding steroid dienone is 1. The van der Waals surface area contributed by atoms with Crippen LogP contribution in [0.1, 0.15) is 56.2 Å². The van der Waals surface area contributed by atoms with Gasteiger partial charge in [-0.2, -0.15) is 10.2 Å². The maximum absolute atomic E-state index is 10.2. The van der Waals surface area contributed by atoms with E-state index >= 15 is 0 Å². The number of halogens is 1. The summed E-state index contributed by atoms with van der Waals surface area (Å²) in [5.74, 6) is 1.05. The van der Waals surface area contributed by atoms with Crippen LogP contribution < -0.4 is 10.6 Å². The summed E-state index contributed by atoms with van der Waals surface area (Å²) in [7, 11) is 0. The van der Waals surface area contributed by atoms with Crippen LogP contribution >= 0.6 is 11.6 Å². The third-order valence-electron chi connectivity index (χ3n) is 6.38. The first-order valence-corrected chi connectivity index (χ1v) is 11.2. The van der Waals surface area contributed by atoms with Crippen molar-refractivity contribution in [2.45, 2.75) is 58.1 Å². The first kappa shape index (κ1) is 21.6. The van der Waals surface area contributed by atoms with E-state index in [-0.39, 0.29) is 17.6 Å². The number of hydrogen-bond acceptors (Lipinski definition) is 6. The standard InChI is InChI=1S/C24H28ClN5O/c1-24(2)12-19(7-8-21(24)31)29-22-17(13-26)14-28-23(30-22)27-10-9-16-4-3-15-5-6-18(25)11-20(15)16/h4-6,11,14,19,21,31H,3,7-10,12H2,1-2H3,(H2,27,28,29,30)/t19-,21+/m1/s1. The average molecular weight is 438 g/mol. The van der Waals surface area contributed by atoms with Crippen molar-refractivity contribution in [3.8, 4) is 6.07 Å². The van der Waals surface area contributed by atoms with Crippen molar-refractivity contribution in [1.29, 1.82) is 5.26 Å². The van der Waals surface area contributed by atoms with Crippen LogP contribution in [0.3, 0.4) is 0 Å². The Hall–Kier alpha value is -2.62. The molecule has 0 bridgehead atoms. The number of hydrogen-bond donors (Lipinski definition) is 3. The summed E-state index contributed by atoms with van der Waals surface area (Å²) < 4.78 is 0. The fraction of sp³-hybridized carbons (Fsp3) is 0.458. The molecule has 1 fully saturated rings. The molecule has 2 aliphatic carbocycles. The van der Waals surface area contributed by atoms with Gasteiger partial charge in [0.1, 0.15) is 17.5 Å². The Morgan fingerprint density at radius 2 is 2.16 bits per heavy atom. The van der Waals surface area contributed by atoms with Gasteiger partial charge in [0.25, 0.3) is 0 Å². The predicted octanol–water partition coefficient (Wildman–Crippen LogP) is 4.79. The van der Waals surface area contributed by atoms with Gasteiger partial charge < -0.3 is 15.7 Å². The van der Waals surface area contributed by atoms with Crippen molar-refractivity contribution in [2.75, 3.05) is 17.2 Å². The highest BCUT2D eigenvalue weighted by molar-refractivity contribution is 6.30. The smallest absolute Gasteiger partial charge is 0.224 e. The van der Waals surface area contributed by atoms with Gasteiger partial charge in [-0.1, -0.05) is 37.6 Å². The second-order valence-corrected chi connectivity index (χ2v) is 9.54. The van der Waals surface area contributed by atoms with Crippen LogP contribution in [0.25, 0.3) is 5.57 Å². The Bertz CT molecular complexity index is 1040. The molecule has 1 saturated carbocycles. The average Bonchev–Trinajstić information content (AvgIpc) is 3.13. The third-order valence-corrected chi connectivity index (χ3v) is 6.61. The number of nitriles is 1. The molecule has 1 heterocycles. The van der Waals surface area contributed by atoms with Gasteiger partial charge in [0.05, 0.1) is 12.3 Å². The number of rotatable bonds is 6. The second kappa shape index (κ2) is 8.86. The molecule has 6 nitrogen and oxygen atoms in total. The van der Waals surface area contributed by atoms with Crippen molar-refractivity contribution >= 4 is 28.9 Å². The highest BCUT2D eigenvalue weighted by atomic mass is 35.5. The van der Waals surface area contributed by atoms with Crippen molar-refractivity contribution in [3.63, 3.8) is 0 Å². The topological polar surface area (TPSA) is 93.9 Å². The number of aliphatic hydroxyl groups is 1. The summed E-state index contributed by atoms with van der Waals surface area (Å²) in [5.41, 5.74) is 4.07. The van der Waals surface area contributed by atoms with Crippen LogP contribution in [0.4, 0.5) is 11.8 Å². The van der Waals surface area contributed by atoms with Gasteiger partial charge in [-0.05, 0) is 66.4 Å². The van der Waals surface area contributed by atoms with Gasteiger partial charge >= 0.3 is 0 Å². The highest BCUT2D eigenvalue weighted by Gasteiger charge is 2.35. The summed E-state index contributed by atoms with van der Waals surface area (Å²) in [6, 6.07) is 8.38. The van der Waals surface area contributed by atoms with E-state index in [9.17, 15) is 10.4 Å². The Labute approximate surface area is 188 Å². The van der Waals surface area contributed by atoms with Gasteiger partial charge in [0.2, 0.25) is 5.95 Å². The van der Waals surface area contributed by atoms with Crippen molar-refractivity contribution in [3.05, 3.63) is 52.2 Å². The van der Waals surface area contributed by atoms with Gasteiger partial charge in [-0.25, -0.2) is 4.98 Å². The quantitative estimate of drug-likeness (QED) is 0.601. The molecule has 0 aliphatic heterocycles.